The lowest BCUT2D eigenvalue weighted by molar-refractivity contribution is -0.137. The standard InChI is InChI=1S/C12H11BrF5N/c13-8-1-2-9(12(16,17)18)10(7-8)19-5-3-11(14,15)4-6-19/h1-2,7H,3-6H2. The van der Waals surface area contributed by atoms with Gasteiger partial charge in [0.1, 0.15) is 0 Å². The first kappa shape index (κ1) is 14.6. The fraction of sp³-hybridized carbons (Fsp3) is 0.500. The van der Waals surface area contributed by atoms with Gasteiger partial charge in [-0.3, -0.25) is 0 Å². The third-order valence-corrected chi connectivity index (χ3v) is 3.59. The molecule has 0 aliphatic carbocycles. The Morgan fingerprint density at radius 1 is 1.11 bits per heavy atom. The summed E-state index contributed by atoms with van der Waals surface area (Å²) in [5.41, 5.74) is -0.835. The second-order valence-electron chi connectivity index (χ2n) is 4.50. The Bertz CT molecular complexity index is 462. The van der Waals surface area contributed by atoms with Gasteiger partial charge in [-0.1, -0.05) is 15.9 Å². The van der Waals surface area contributed by atoms with Crippen molar-refractivity contribution in [1.29, 1.82) is 0 Å². The molecule has 19 heavy (non-hydrogen) atoms. The van der Waals surface area contributed by atoms with Crippen LogP contribution >= 0.6 is 15.9 Å². The molecule has 0 radical (unpaired) electrons. The third kappa shape index (κ3) is 3.38. The molecule has 0 bridgehead atoms. The molecule has 1 aliphatic rings. The summed E-state index contributed by atoms with van der Waals surface area (Å²) in [4.78, 5) is 1.37. The van der Waals surface area contributed by atoms with E-state index in [-0.39, 0.29) is 18.8 Å². The first-order valence-electron chi connectivity index (χ1n) is 5.69. The highest BCUT2D eigenvalue weighted by Crippen LogP contribution is 2.40. The van der Waals surface area contributed by atoms with Crippen molar-refractivity contribution >= 4 is 21.6 Å². The van der Waals surface area contributed by atoms with Gasteiger partial charge in [0.25, 0.3) is 5.92 Å². The predicted octanol–water partition coefficient (Wildman–Crippen LogP) is 4.70. The van der Waals surface area contributed by atoms with E-state index in [1.165, 1.54) is 17.0 Å². The van der Waals surface area contributed by atoms with Gasteiger partial charge in [-0.15, -0.1) is 0 Å². The summed E-state index contributed by atoms with van der Waals surface area (Å²) < 4.78 is 65.3. The monoisotopic (exact) mass is 343 g/mol. The average molecular weight is 344 g/mol. The minimum atomic E-state index is -4.49. The van der Waals surface area contributed by atoms with E-state index in [0.29, 0.717) is 4.47 Å². The molecule has 1 heterocycles. The third-order valence-electron chi connectivity index (χ3n) is 3.10. The van der Waals surface area contributed by atoms with Crippen molar-refractivity contribution in [2.45, 2.75) is 24.9 Å². The van der Waals surface area contributed by atoms with Crippen molar-refractivity contribution in [1.82, 2.24) is 0 Å². The molecule has 1 saturated heterocycles. The first-order valence-corrected chi connectivity index (χ1v) is 6.48. The highest BCUT2D eigenvalue weighted by molar-refractivity contribution is 9.10. The molecule has 1 aromatic carbocycles. The van der Waals surface area contributed by atoms with E-state index < -0.39 is 30.5 Å². The van der Waals surface area contributed by atoms with Crippen molar-refractivity contribution < 1.29 is 22.0 Å². The average Bonchev–Trinajstić information content (AvgIpc) is 2.27. The number of benzene rings is 1. The van der Waals surface area contributed by atoms with E-state index in [1.807, 2.05) is 0 Å². The molecule has 7 heteroatoms. The number of piperidine rings is 1. The Morgan fingerprint density at radius 2 is 1.68 bits per heavy atom. The Balaban J connectivity index is 2.32. The molecule has 2 rings (SSSR count). The van der Waals surface area contributed by atoms with E-state index >= 15 is 0 Å². The number of nitrogens with zero attached hydrogens (tertiary/aromatic N) is 1. The molecule has 0 atom stereocenters. The summed E-state index contributed by atoms with van der Waals surface area (Å²) in [6, 6.07) is 3.59. The van der Waals surface area contributed by atoms with Crippen molar-refractivity contribution in [3.8, 4) is 0 Å². The van der Waals surface area contributed by atoms with Gasteiger partial charge in [-0.25, -0.2) is 8.78 Å². The van der Waals surface area contributed by atoms with Gasteiger partial charge in [0.05, 0.1) is 11.3 Å². The zero-order valence-corrected chi connectivity index (χ0v) is 11.4. The van der Waals surface area contributed by atoms with Crippen LogP contribution in [0.4, 0.5) is 27.6 Å². The summed E-state index contributed by atoms with van der Waals surface area (Å²) in [5.74, 6) is -2.78. The van der Waals surface area contributed by atoms with Crippen LogP contribution in [-0.4, -0.2) is 19.0 Å². The maximum Gasteiger partial charge on any atom is 0.418 e. The van der Waals surface area contributed by atoms with E-state index in [0.717, 1.165) is 6.07 Å². The zero-order valence-electron chi connectivity index (χ0n) is 9.78. The summed E-state index contributed by atoms with van der Waals surface area (Å²) in [7, 11) is 0. The summed E-state index contributed by atoms with van der Waals surface area (Å²) >= 11 is 3.11. The minimum Gasteiger partial charge on any atom is -0.371 e. The van der Waals surface area contributed by atoms with E-state index in [4.69, 9.17) is 0 Å². The van der Waals surface area contributed by atoms with Gasteiger partial charge in [0.2, 0.25) is 0 Å². The first-order chi connectivity index (χ1) is 8.69. The van der Waals surface area contributed by atoms with Gasteiger partial charge < -0.3 is 4.90 Å². The largest absolute Gasteiger partial charge is 0.418 e. The van der Waals surface area contributed by atoms with Crippen LogP contribution in [0.2, 0.25) is 0 Å². The van der Waals surface area contributed by atoms with Gasteiger partial charge >= 0.3 is 6.18 Å². The maximum absolute atomic E-state index is 13.0. The Hall–Kier alpha value is -0.850. The Morgan fingerprint density at radius 3 is 2.21 bits per heavy atom. The molecule has 0 aromatic heterocycles. The molecule has 1 aliphatic heterocycles. The molecule has 0 saturated carbocycles. The minimum absolute atomic E-state index is 0.0441. The Labute approximate surface area is 115 Å². The van der Waals surface area contributed by atoms with Gasteiger partial charge in [-0.2, -0.15) is 13.2 Å². The highest BCUT2D eigenvalue weighted by Gasteiger charge is 2.38. The normalized spacial score (nSPS) is 19.6. The summed E-state index contributed by atoms with van der Waals surface area (Å²) in [6.07, 6.45) is -5.33. The summed E-state index contributed by atoms with van der Waals surface area (Å²) in [5, 5.41) is 0. The second kappa shape index (κ2) is 4.92. The van der Waals surface area contributed by atoms with Crippen LogP contribution in [0.5, 0.6) is 0 Å². The number of halogens is 6. The quantitative estimate of drug-likeness (QED) is 0.668. The fourth-order valence-corrected chi connectivity index (χ4v) is 2.43. The summed E-state index contributed by atoms with van der Waals surface area (Å²) in [6.45, 7) is -0.154. The number of rotatable bonds is 1. The second-order valence-corrected chi connectivity index (χ2v) is 5.42. The molecular formula is C12H11BrF5N. The topological polar surface area (TPSA) is 3.24 Å². The zero-order chi connectivity index (χ0) is 14.3. The van der Waals surface area contributed by atoms with Gasteiger partial charge in [0.15, 0.2) is 0 Å². The van der Waals surface area contributed by atoms with Crippen LogP contribution in [0.1, 0.15) is 18.4 Å². The van der Waals surface area contributed by atoms with Crippen LogP contribution in [0, 0.1) is 0 Å². The van der Waals surface area contributed by atoms with Crippen molar-refractivity contribution in [3.63, 3.8) is 0 Å². The van der Waals surface area contributed by atoms with Crippen molar-refractivity contribution in [2.24, 2.45) is 0 Å². The lowest BCUT2D eigenvalue weighted by Crippen LogP contribution is -2.40. The van der Waals surface area contributed by atoms with Crippen LogP contribution in [-0.2, 0) is 6.18 Å². The van der Waals surface area contributed by atoms with Crippen LogP contribution in [0.3, 0.4) is 0 Å². The number of alkyl halides is 5. The van der Waals surface area contributed by atoms with E-state index in [2.05, 4.69) is 15.9 Å². The SMILES string of the molecule is FC1(F)CCN(c2cc(Br)ccc2C(F)(F)F)CC1. The molecular weight excluding hydrogens is 333 g/mol. The number of anilines is 1. The van der Waals surface area contributed by atoms with Crippen molar-refractivity contribution in [2.75, 3.05) is 18.0 Å². The molecule has 1 fully saturated rings. The Kier molecular flexibility index (Phi) is 3.77. The lowest BCUT2D eigenvalue weighted by Gasteiger charge is -2.34. The number of hydrogen-bond donors (Lipinski definition) is 0. The molecule has 0 unspecified atom stereocenters. The highest BCUT2D eigenvalue weighted by atomic mass is 79.9. The van der Waals surface area contributed by atoms with E-state index in [9.17, 15) is 22.0 Å². The van der Waals surface area contributed by atoms with Crippen LogP contribution in [0.15, 0.2) is 22.7 Å². The molecule has 0 amide bonds. The molecule has 0 N–H and O–H groups in total. The van der Waals surface area contributed by atoms with Crippen LogP contribution in [0.25, 0.3) is 0 Å². The van der Waals surface area contributed by atoms with Crippen molar-refractivity contribution in [3.05, 3.63) is 28.2 Å². The van der Waals surface area contributed by atoms with Crippen LogP contribution < -0.4 is 4.90 Å². The number of hydrogen-bond acceptors (Lipinski definition) is 1. The van der Waals surface area contributed by atoms with Gasteiger partial charge in [-0.05, 0) is 18.2 Å². The molecule has 1 nitrogen and oxygen atoms in total. The fourth-order valence-electron chi connectivity index (χ4n) is 2.08. The molecule has 106 valence electrons. The molecule has 1 aromatic rings. The van der Waals surface area contributed by atoms with E-state index in [1.54, 1.807) is 0 Å². The smallest absolute Gasteiger partial charge is 0.371 e. The predicted molar refractivity (Wildman–Crippen MR) is 65.5 cm³/mol. The lowest BCUT2D eigenvalue weighted by atomic mass is 10.0. The van der Waals surface area contributed by atoms with Gasteiger partial charge in [0, 0.05) is 30.4 Å². The maximum atomic E-state index is 13.0. The molecule has 0 spiro atoms.